The third-order valence-corrected chi connectivity index (χ3v) is 7.10. The Labute approximate surface area is 66.9 Å². The summed E-state index contributed by atoms with van der Waals surface area (Å²) in [7, 11) is -1.64. The SMILES string of the molecule is CC[CH2][Ti]([Br])([Br])[Br]. The molecule has 0 nitrogen and oxygen atoms in total. The molecule has 0 rings (SSSR count). The first-order chi connectivity index (χ1) is 3.06. The van der Waals surface area contributed by atoms with Gasteiger partial charge in [0.05, 0.1) is 0 Å². The fourth-order valence-corrected chi connectivity index (χ4v) is 6.07. The number of hydrogen-bond acceptors (Lipinski definition) is 0. The maximum atomic E-state index is 3.56. The van der Waals surface area contributed by atoms with Gasteiger partial charge < -0.3 is 0 Å². The van der Waals surface area contributed by atoms with E-state index in [9.17, 15) is 0 Å². The minimum atomic E-state index is -1.64. The Hall–Kier alpha value is 2.15. The molecule has 0 aliphatic rings. The van der Waals surface area contributed by atoms with Gasteiger partial charge in [-0.05, 0) is 0 Å². The quantitative estimate of drug-likeness (QED) is 0.674. The summed E-state index contributed by atoms with van der Waals surface area (Å²) in [4.78, 5) is 0. The molecular formula is C3H7Br3Ti. The van der Waals surface area contributed by atoms with Gasteiger partial charge in [0, 0.05) is 0 Å². The Kier molecular flexibility index (Phi) is 5.29. The van der Waals surface area contributed by atoms with Crippen LogP contribution in [0.5, 0.6) is 0 Å². The van der Waals surface area contributed by atoms with E-state index in [-0.39, 0.29) is 0 Å². The molecule has 0 unspecified atom stereocenters. The molecule has 0 saturated heterocycles. The molecule has 0 aromatic rings. The second-order valence-corrected chi connectivity index (χ2v) is 34.0. The third-order valence-electron chi connectivity index (χ3n) is 0.533. The average molecular weight is 331 g/mol. The van der Waals surface area contributed by atoms with Crippen LogP contribution in [0.2, 0.25) is 4.73 Å². The molecule has 0 aromatic heterocycles. The molecule has 0 N–H and O–H groups in total. The maximum absolute atomic E-state index is 3.56. The van der Waals surface area contributed by atoms with Gasteiger partial charge in [-0.3, -0.25) is 0 Å². The molecule has 0 amide bonds. The molecule has 0 radical (unpaired) electrons. The number of halogens is 3. The molecule has 0 aliphatic carbocycles. The Bertz CT molecular complexity index is 48.6. The predicted octanol–water partition coefficient (Wildman–Crippen LogP) is 3.90. The van der Waals surface area contributed by atoms with E-state index in [1.54, 1.807) is 0 Å². The molecule has 0 bridgehead atoms. The molecule has 0 aromatic carbocycles. The number of hydrogen-bond donors (Lipinski definition) is 0. The molecule has 44 valence electrons. The fourth-order valence-electron chi connectivity index (χ4n) is 0.283. The van der Waals surface area contributed by atoms with Crippen molar-refractivity contribution in [1.29, 1.82) is 0 Å². The Balaban J connectivity index is 3.15. The van der Waals surface area contributed by atoms with Crippen LogP contribution >= 0.6 is 39.5 Å². The van der Waals surface area contributed by atoms with Crippen LogP contribution in [-0.2, 0) is 10.3 Å². The van der Waals surface area contributed by atoms with E-state index in [1.807, 2.05) is 0 Å². The fraction of sp³-hybridized carbons (Fsp3) is 1.00. The van der Waals surface area contributed by atoms with Crippen LogP contribution in [0.4, 0.5) is 0 Å². The van der Waals surface area contributed by atoms with Crippen LogP contribution in [0.15, 0.2) is 0 Å². The molecule has 0 atom stereocenters. The van der Waals surface area contributed by atoms with Crippen molar-refractivity contribution in [2.75, 3.05) is 0 Å². The zero-order valence-electron chi connectivity index (χ0n) is 4.05. The summed E-state index contributed by atoms with van der Waals surface area (Å²) in [6.07, 6.45) is 1.25. The molecule has 0 spiro atoms. The van der Waals surface area contributed by atoms with Gasteiger partial charge in [0.2, 0.25) is 0 Å². The van der Waals surface area contributed by atoms with Gasteiger partial charge >= 0.3 is 67.9 Å². The van der Waals surface area contributed by atoms with E-state index in [4.69, 9.17) is 0 Å². The van der Waals surface area contributed by atoms with Crippen LogP contribution < -0.4 is 0 Å². The van der Waals surface area contributed by atoms with Crippen molar-refractivity contribution in [3.8, 4) is 0 Å². The van der Waals surface area contributed by atoms with E-state index in [0.29, 0.717) is 0 Å². The molecular weight excluding hydrogens is 324 g/mol. The van der Waals surface area contributed by atoms with Crippen LogP contribution in [-0.4, -0.2) is 0 Å². The average Bonchev–Trinajstić information content (AvgIpc) is 1.30. The zero-order chi connectivity index (χ0) is 5.91. The Morgan fingerprint density at radius 1 is 1.29 bits per heavy atom. The van der Waals surface area contributed by atoms with Gasteiger partial charge in [-0.25, -0.2) is 0 Å². The van der Waals surface area contributed by atoms with Crippen molar-refractivity contribution >= 4 is 39.5 Å². The first-order valence-corrected chi connectivity index (χ1v) is 14.8. The van der Waals surface area contributed by atoms with Gasteiger partial charge in [0.1, 0.15) is 0 Å². The first-order valence-electron chi connectivity index (χ1n) is 2.13. The summed E-state index contributed by atoms with van der Waals surface area (Å²) < 4.78 is 1.28. The van der Waals surface area contributed by atoms with Crippen molar-refractivity contribution in [3.63, 3.8) is 0 Å². The third kappa shape index (κ3) is 8.15. The van der Waals surface area contributed by atoms with Gasteiger partial charge in [0.15, 0.2) is 0 Å². The second-order valence-electron chi connectivity index (χ2n) is 1.37. The second kappa shape index (κ2) is 4.05. The van der Waals surface area contributed by atoms with Crippen molar-refractivity contribution in [2.45, 2.75) is 18.1 Å². The van der Waals surface area contributed by atoms with Gasteiger partial charge in [-0.15, -0.1) is 0 Å². The standard InChI is InChI=1S/C3H7.3BrH.Ti/c1-3-2;;;;/h1,3H2,2H3;3*1H;/q;;;;+3/p-3. The van der Waals surface area contributed by atoms with Crippen LogP contribution in [0.25, 0.3) is 0 Å². The molecule has 0 fully saturated rings. The number of rotatable bonds is 2. The van der Waals surface area contributed by atoms with Crippen molar-refractivity contribution in [2.24, 2.45) is 0 Å². The summed E-state index contributed by atoms with van der Waals surface area (Å²) in [5.41, 5.74) is 0. The summed E-state index contributed by atoms with van der Waals surface area (Å²) in [6.45, 7) is 2.18. The molecule has 7 heavy (non-hydrogen) atoms. The molecule has 4 heteroatoms. The predicted molar refractivity (Wildman–Crippen MR) is 41.9 cm³/mol. The van der Waals surface area contributed by atoms with E-state index in [2.05, 4.69) is 46.4 Å². The van der Waals surface area contributed by atoms with Crippen molar-refractivity contribution in [3.05, 3.63) is 0 Å². The summed E-state index contributed by atoms with van der Waals surface area (Å²) in [5.74, 6) is 0. The van der Waals surface area contributed by atoms with E-state index < -0.39 is 10.3 Å². The molecule has 0 heterocycles. The monoisotopic (exact) mass is 328 g/mol. The van der Waals surface area contributed by atoms with Gasteiger partial charge in [0.25, 0.3) is 0 Å². The first kappa shape index (κ1) is 9.15. The van der Waals surface area contributed by atoms with Crippen LogP contribution in [0.3, 0.4) is 0 Å². The molecule has 0 saturated carbocycles. The van der Waals surface area contributed by atoms with E-state index >= 15 is 0 Å². The minimum absolute atomic E-state index is 1.25. The van der Waals surface area contributed by atoms with Gasteiger partial charge in [-0.2, -0.15) is 0 Å². The Morgan fingerprint density at radius 3 is 1.71 bits per heavy atom. The van der Waals surface area contributed by atoms with E-state index in [1.165, 1.54) is 11.1 Å². The summed E-state index contributed by atoms with van der Waals surface area (Å²) >= 11 is 10.7. The van der Waals surface area contributed by atoms with Crippen LogP contribution in [0, 0.1) is 0 Å². The molecule has 0 aliphatic heterocycles. The van der Waals surface area contributed by atoms with Crippen molar-refractivity contribution < 1.29 is 10.3 Å². The van der Waals surface area contributed by atoms with Gasteiger partial charge in [-0.1, -0.05) is 0 Å². The summed E-state index contributed by atoms with van der Waals surface area (Å²) in [5, 5.41) is 0. The Morgan fingerprint density at radius 2 is 1.71 bits per heavy atom. The summed E-state index contributed by atoms with van der Waals surface area (Å²) in [6, 6.07) is 0. The van der Waals surface area contributed by atoms with Crippen molar-refractivity contribution in [1.82, 2.24) is 0 Å². The topological polar surface area (TPSA) is 0 Å². The van der Waals surface area contributed by atoms with E-state index in [0.717, 1.165) is 0 Å². The zero-order valence-corrected chi connectivity index (χ0v) is 10.4. The van der Waals surface area contributed by atoms with Crippen LogP contribution in [0.1, 0.15) is 13.3 Å². The normalized spacial score (nSPS) is 12.0.